The molecular formula is C18H22N6O4S. The van der Waals surface area contributed by atoms with Crippen molar-refractivity contribution in [2.24, 2.45) is 5.14 Å². The van der Waals surface area contributed by atoms with E-state index in [1.807, 2.05) is 6.92 Å². The Hall–Kier alpha value is -2.63. The van der Waals surface area contributed by atoms with Gasteiger partial charge in [-0.1, -0.05) is 6.07 Å². The minimum atomic E-state index is -4.17. The lowest BCUT2D eigenvalue weighted by Crippen LogP contribution is -2.50. The first-order chi connectivity index (χ1) is 13.8. The molecule has 0 aliphatic heterocycles. The van der Waals surface area contributed by atoms with E-state index in [0.29, 0.717) is 29.5 Å². The topological polar surface area (TPSA) is 157 Å². The summed E-state index contributed by atoms with van der Waals surface area (Å²) in [5, 5.41) is 16.2. The first-order valence-electron chi connectivity index (χ1n) is 9.32. The van der Waals surface area contributed by atoms with E-state index in [4.69, 9.17) is 9.88 Å². The monoisotopic (exact) mass is 418 g/mol. The number of hydrogen-bond acceptors (Lipinski definition) is 8. The van der Waals surface area contributed by atoms with E-state index in [1.165, 1.54) is 12.5 Å². The number of ether oxygens (including phenoxy) is 1. The number of aliphatic hydroxyl groups is 1. The number of rotatable bonds is 5. The van der Waals surface area contributed by atoms with Crippen molar-refractivity contribution in [2.75, 3.05) is 6.61 Å². The van der Waals surface area contributed by atoms with Gasteiger partial charge in [0.2, 0.25) is 15.9 Å². The second-order valence-electron chi connectivity index (χ2n) is 7.08. The van der Waals surface area contributed by atoms with Crippen LogP contribution in [0.5, 0.6) is 5.88 Å². The van der Waals surface area contributed by atoms with E-state index in [9.17, 15) is 13.5 Å². The Bertz CT molecular complexity index is 1130. The van der Waals surface area contributed by atoms with E-state index in [1.54, 1.807) is 18.2 Å². The molecule has 29 heavy (non-hydrogen) atoms. The van der Waals surface area contributed by atoms with Gasteiger partial charge in [0.25, 0.3) is 0 Å². The van der Waals surface area contributed by atoms with Gasteiger partial charge in [-0.15, -0.1) is 0 Å². The Labute approximate surface area is 167 Å². The normalized spacial score (nSPS) is 25.2. The molecule has 10 nitrogen and oxygen atoms in total. The minimum Gasteiger partial charge on any atom is -0.478 e. The van der Waals surface area contributed by atoms with Crippen molar-refractivity contribution in [3.8, 4) is 5.88 Å². The van der Waals surface area contributed by atoms with Gasteiger partial charge in [0, 0.05) is 17.7 Å². The van der Waals surface area contributed by atoms with Crippen molar-refractivity contribution in [1.82, 2.24) is 24.9 Å². The van der Waals surface area contributed by atoms with Crippen LogP contribution in [-0.2, 0) is 14.8 Å². The van der Waals surface area contributed by atoms with Gasteiger partial charge in [-0.05, 0) is 32.3 Å². The van der Waals surface area contributed by atoms with E-state index in [0.717, 1.165) is 0 Å². The molecule has 3 heterocycles. The number of nitrogens with one attached hydrogen (secondary N) is 1. The Kier molecular flexibility index (Phi) is 4.97. The highest BCUT2D eigenvalue weighted by Crippen LogP contribution is 2.51. The number of nitrogens with two attached hydrogens (primary N) is 1. The van der Waals surface area contributed by atoms with Crippen LogP contribution in [0.3, 0.4) is 0 Å². The van der Waals surface area contributed by atoms with Gasteiger partial charge in [-0.2, -0.15) is 0 Å². The summed E-state index contributed by atoms with van der Waals surface area (Å²) < 4.78 is 29.9. The molecule has 4 rings (SSSR count). The summed E-state index contributed by atoms with van der Waals surface area (Å²) in [6.07, 6.45) is 2.67. The number of pyridine rings is 1. The van der Waals surface area contributed by atoms with Crippen LogP contribution < -0.4 is 9.88 Å². The van der Waals surface area contributed by atoms with E-state index < -0.39 is 26.8 Å². The third kappa shape index (κ3) is 3.34. The highest BCUT2D eigenvalue weighted by Gasteiger charge is 2.55. The molecule has 1 aliphatic rings. The highest BCUT2D eigenvalue weighted by atomic mass is 32.2. The van der Waals surface area contributed by atoms with Gasteiger partial charge in [-0.25, -0.2) is 33.5 Å². The molecule has 1 saturated carbocycles. The molecule has 1 fully saturated rings. The minimum absolute atomic E-state index is 0.0898. The van der Waals surface area contributed by atoms with Gasteiger partial charge in [0.1, 0.15) is 4.75 Å². The summed E-state index contributed by atoms with van der Waals surface area (Å²) in [4.78, 5) is 20.1. The van der Waals surface area contributed by atoms with Crippen molar-refractivity contribution in [2.45, 2.75) is 43.0 Å². The van der Waals surface area contributed by atoms with Gasteiger partial charge >= 0.3 is 0 Å². The van der Waals surface area contributed by atoms with Crippen molar-refractivity contribution in [3.05, 3.63) is 42.1 Å². The van der Waals surface area contributed by atoms with E-state index >= 15 is 0 Å². The number of aromatic nitrogens is 5. The summed E-state index contributed by atoms with van der Waals surface area (Å²) in [5.41, 5.74) is 1.42. The summed E-state index contributed by atoms with van der Waals surface area (Å²) in [6, 6.07) is 5.15. The Morgan fingerprint density at radius 1 is 1.34 bits per heavy atom. The van der Waals surface area contributed by atoms with Crippen LogP contribution in [0.4, 0.5) is 0 Å². The summed E-state index contributed by atoms with van der Waals surface area (Å²) in [6.45, 7) is 2.26. The first kappa shape index (κ1) is 19.7. The number of aromatic amines is 1. The number of primary sulfonamides is 1. The first-order valence-corrected chi connectivity index (χ1v) is 10.9. The zero-order chi connectivity index (χ0) is 20.6. The molecule has 3 aromatic rings. The maximum Gasteiger partial charge on any atom is 0.221 e. The Morgan fingerprint density at radius 2 is 2.17 bits per heavy atom. The van der Waals surface area contributed by atoms with Crippen molar-refractivity contribution < 1.29 is 18.3 Å². The maximum absolute atomic E-state index is 13.0. The second-order valence-corrected chi connectivity index (χ2v) is 8.90. The second kappa shape index (κ2) is 7.32. The molecule has 0 radical (unpaired) electrons. The largest absolute Gasteiger partial charge is 0.478 e. The van der Waals surface area contributed by atoms with E-state index in [-0.39, 0.29) is 25.0 Å². The molecule has 3 unspecified atom stereocenters. The molecule has 4 N–H and O–H groups in total. The SMILES string of the molecule is CCOc1cccc(C2CC(O)CCC2(c2cnc3nc[nH]c3n2)S(N)(=O)=O)n1. The predicted molar refractivity (Wildman–Crippen MR) is 104 cm³/mol. The van der Waals surface area contributed by atoms with Crippen LogP contribution in [0.2, 0.25) is 0 Å². The lowest BCUT2D eigenvalue weighted by Gasteiger charge is -2.42. The molecule has 0 amide bonds. The van der Waals surface area contributed by atoms with Crippen LogP contribution in [-0.4, -0.2) is 51.2 Å². The molecule has 0 spiro atoms. The Balaban J connectivity index is 1.93. The molecule has 154 valence electrons. The third-order valence-corrected chi connectivity index (χ3v) is 7.11. The standard InChI is InChI=1S/C18H22N6O4S/c1-2-28-15-5-3-4-13(23-15)12-8-11(25)6-7-18(12,29(19,26)27)14-9-20-16-17(24-14)22-10-21-16/h3-5,9-12,25H,2,6-8H2,1H3,(H2,19,26,27)(H,20,21,22,24). The van der Waals surface area contributed by atoms with E-state index in [2.05, 4.69) is 24.9 Å². The molecule has 0 bridgehead atoms. The van der Waals surface area contributed by atoms with Crippen molar-refractivity contribution in [1.29, 1.82) is 0 Å². The fraction of sp³-hybridized carbons (Fsp3) is 0.444. The van der Waals surface area contributed by atoms with Crippen molar-refractivity contribution >= 4 is 21.3 Å². The van der Waals surface area contributed by atoms with Gasteiger partial charge < -0.3 is 14.8 Å². The number of nitrogens with zero attached hydrogens (tertiary/aromatic N) is 4. The average Bonchev–Trinajstić information content (AvgIpc) is 3.15. The molecule has 3 atom stereocenters. The van der Waals surface area contributed by atoms with Crippen LogP contribution in [0.1, 0.15) is 43.5 Å². The molecule has 3 aromatic heterocycles. The highest BCUT2D eigenvalue weighted by molar-refractivity contribution is 7.90. The zero-order valence-electron chi connectivity index (χ0n) is 15.8. The van der Waals surface area contributed by atoms with Crippen LogP contribution in [0, 0.1) is 0 Å². The summed E-state index contributed by atoms with van der Waals surface area (Å²) in [5.74, 6) is -0.347. The molecular weight excluding hydrogens is 396 g/mol. The van der Waals surface area contributed by atoms with Crippen LogP contribution in [0.15, 0.2) is 30.7 Å². The molecule has 0 saturated heterocycles. The number of fused-ring (bicyclic) bond motifs is 1. The maximum atomic E-state index is 13.0. The lowest BCUT2D eigenvalue weighted by atomic mass is 9.73. The quantitative estimate of drug-likeness (QED) is 0.553. The smallest absolute Gasteiger partial charge is 0.221 e. The molecule has 11 heteroatoms. The summed E-state index contributed by atoms with van der Waals surface area (Å²) in [7, 11) is -4.17. The number of imidazole rings is 1. The van der Waals surface area contributed by atoms with Gasteiger partial charge in [0.05, 0.1) is 30.9 Å². The predicted octanol–water partition coefficient (Wildman–Crippen LogP) is 0.959. The third-order valence-electron chi connectivity index (χ3n) is 5.40. The zero-order valence-corrected chi connectivity index (χ0v) is 16.6. The number of H-pyrrole nitrogens is 1. The fourth-order valence-corrected chi connectivity index (χ4v) is 5.48. The van der Waals surface area contributed by atoms with Gasteiger partial charge in [-0.3, -0.25) is 0 Å². The molecule has 1 aliphatic carbocycles. The van der Waals surface area contributed by atoms with Crippen molar-refractivity contribution in [3.63, 3.8) is 0 Å². The lowest BCUT2D eigenvalue weighted by molar-refractivity contribution is 0.0982. The summed E-state index contributed by atoms with van der Waals surface area (Å²) >= 11 is 0. The number of aliphatic hydroxyl groups excluding tert-OH is 1. The van der Waals surface area contributed by atoms with Gasteiger partial charge in [0.15, 0.2) is 11.3 Å². The average molecular weight is 418 g/mol. The molecule has 0 aromatic carbocycles. The van der Waals surface area contributed by atoms with Crippen LogP contribution >= 0.6 is 0 Å². The van der Waals surface area contributed by atoms with Crippen LogP contribution in [0.25, 0.3) is 11.3 Å². The fourth-order valence-electron chi connectivity index (χ4n) is 4.07. The number of hydrogen-bond donors (Lipinski definition) is 3. The Morgan fingerprint density at radius 3 is 2.93 bits per heavy atom. The number of sulfonamides is 1.